The van der Waals surface area contributed by atoms with E-state index >= 15 is 0 Å². The summed E-state index contributed by atoms with van der Waals surface area (Å²) < 4.78 is 25.3. The van der Waals surface area contributed by atoms with Crippen molar-refractivity contribution in [2.45, 2.75) is 24.4 Å². The highest BCUT2D eigenvalue weighted by atomic mass is 19.1. The van der Waals surface area contributed by atoms with E-state index in [0.717, 1.165) is 22.0 Å². The van der Waals surface area contributed by atoms with E-state index in [0.29, 0.717) is 35.6 Å². The van der Waals surface area contributed by atoms with Crippen molar-refractivity contribution in [1.29, 1.82) is 0 Å². The van der Waals surface area contributed by atoms with E-state index in [1.807, 2.05) is 42.6 Å². The zero-order valence-electron chi connectivity index (χ0n) is 23.1. The van der Waals surface area contributed by atoms with Gasteiger partial charge in [-0.2, -0.15) is 0 Å². The number of imide groups is 1. The second-order valence-electron chi connectivity index (χ2n) is 11.0. The summed E-state index contributed by atoms with van der Waals surface area (Å²) in [5.41, 5.74) is 1.99. The van der Waals surface area contributed by atoms with Gasteiger partial charge in [-0.15, -0.1) is 0 Å². The first-order chi connectivity index (χ1) is 20.3. The number of likely N-dealkylation sites (tertiary alicyclic amines) is 1. The molecular weight excluding hydrogens is 539 g/mol. The van der Waals surface area contributed by atoms with Crippen molar-refractivity contribution < 1.29 is 28.2 Å². The Hall–Kier alpha value is -4.70. The quantitative estimate of drug-likeness (QED) is 0.294. The minimum absolute atomic E-state index is 0.133. The smallest absolute Gasteiger partial charge is 0.250 e. The van der Waals surface area contributed by atoms with Gasteiger partial charge >= 0.3 is 0 Å². The number of amides is 3. The van der Waals surface area contributed by atoms with Crippen molar-refractivity contribution in [1.82, 2.24) is 15.2 Å². The molecule has 2 saturated heterocycles. The molecule has 0 bridgehead atoms. The Labute approximate surface area is 241 Å². The summed E-state index contributed by atoms with van der Waals surface area (Å²) in [5.74, 6) is -2.45. The van der Waals surface area contributed by atoms with E-state index in [-0.39, 0.29) is 12.5 Å². The number of aromatic amines is 1. The van der Waals surface area contributed by atoms with Crippen LogP contribution >= 0.6 is 0 Å². The number of hydrogen-bond acceptors (Lipinski definition) is 6. The highest BCUT2D eigenvalue weighted by Gasteiger charge is 2.70. The Balaban J connectivity index is 1.26. The van der Waals surface area contributed by atoms with Crippen LogP contribution in [0.25, 0.3) is 10.9 Å². The molecule has 3 amide bonds. The lowest BCUT2D eigenvalue weighted by Crippen LogP contribution is -2.53. The molecule has 1 spiro atoms. The maximum atomic E-state index is 14.6. The van der Waals surface area contributed by atoms with Crippen LogP contribution in [0.5, 0.6) is 11.5 Å². The predicted octanol–water partition coefficient (Wildman–Crippen LogP) is 3.53. The number of halogens is 1. The van der Waals surface area contributed by atoms with Crippen LogP contribution in [0.2, 0.25) is 0 Å². The maximum Gasteiger partial charge on any atom is 0.250 e. The summed E-state index contributed by atoms with van der Waals surface area (Å²) in [4.78, 5) is 46.5. The number of para-hydroxylation sites is 1. The van der Waals surface area contributed by atoms with Crippen LogP contribution in [-0.2, 0) is 32.8 Å². The predicted molar refractivity (Wildman–Crippen MR) is 153 cm³/mol. The summed E-state index contributed by atoms with van der Waals surface area (Å²) in [5, 5.41) is 7.23. The van der Waals surface area contributed by atoms with Gasteiger partial charge in [0, 0.05) is 40.9 Å². The number of carbonyl (C=O) groups excluding carboxylic acids is 3. The summed E-state index contributed by atoms with van der Waals surface area (Å²) >= 11 is 0. The third kappa shape index (κ3) is 3.75. The molecule has 2 fully saturated rings. The van der Waals surface area contributed by atoms with Crippen molar-refractivity contribution in [3.63, 3.8) is 0 Å². The van der Waals surface area contributed by atoms with Gasteiger partial charge in [-0.25, -0.2) is 4.39 Å². The molecule has 214 valence electrons. The number of rotatable bonds is 7. The van der Waals surface area contributed by atoms with Gasteiger partial charge < -0.3 is 19.8 Å². The van der Waals surface area contributed by atoms with Gasteiger partial charge in [0.2, 0.25) is 17.7 Å². The molecule has 42 heavy (non-hydrogen) atoms. The molecule has 7 rings (SSSR count). The second kappa shape index (κ2) is 9.70. The third-order valence-corrected chi connectivity index (χ3v) is 8.96. The number of carbonyl (C=O) groups is 3. The number of nitrogens with one attached hydrogen (secondary N) is 3. The second-order valence-corrected chi connectivity index (χ2v) is 11.0. The van der Waals surface area contributed by atoms with Crippen molar-refractivity contribution in [2.24, 2.45) is 11.8 Å². The lowest BCUT2D eigenvalue weighted by Gasteiger charge is -2.29. The van der Waals surface area contributed by atoms with Gasteiger partial charge in [-0.05, 0) is 60.4 Å². The summed E-state index contributed by atoms with van der Waals surface area (Å²) in [6, 6.07) is 16.8. The Kier molecular flexibility index (Phi) is 6.05. The SMILES string of the molecule is COc1ccc(CCN2C(=O)[C@@H]3[C@H](Cc4c[nH]c5ccccc45)N[C@@]4(C(=O)Nc5ccc(F)cc54)[C@@H]3C2=O)cc1OC. The van der Waals surface area contributed by atoms with Crippen LogP contribution in [-0.4, -0.2) is 54.4 Å². The number of benzene rings is 3. The van der Waals surface area contributed by atoms with Crippen LogP contribution < -0.4 is 20.1 Å². The minimum Gasteiger partial charge on any atom is -0.493 e. The fourth-order valence-electron chi connectivity index (χ4n) is 7.04. The van der Waals surface area contributed by atoms with Crippen LogP contribution in [0.15, 0.2) is 66.9 Å². The van der Waals surface area contributed by atoms with E-state index in [4.69, 9.17) is 9.47 Å². The lowest BCUT2D eigenvalue weighted by atomic mass is 9.76. The van der Waals surface area contributed by atoms with Gasteiger partial charge in [-0.1, -0.05) is 24.3 Å². The zero-order valence-corrected chi connectivity index (χ0v) is 23.1. The van der Waals surface area contributed by atoms with E-state index < -0.39 is 41.0 Å². The molecule has 0 aliphatic carbocycles. The van der Waals surface area contributed by atoms with Gasteiger partial charge in [0.25, 0.3) is 0 Å². The average molecular weight is 569 g/mol. The topological polar surface area (TPSA) is 113 Å². The van der Waals surface area contributed by atoms with Crippen LogP contribution in [0.3, 0.4) is 0 Å². The standard InChI is InChI=1S/C32H29FN4O5/c1-41-25-10-7-17(13-26(25)42-2)11-12-37-29(38)27-24(14-18-16-34-22-6-4-3-5-20(18)22)36-32(28(27)30(37)39)21-15-19(33)8-9-23(21)35-31(32)40/h3-10,13,15-16,24,27-28,34,36H,11-12,14H2,1-2H3,(H,35,40)/t24-,27+,28-,32+/m0/s1. The van der Waals surface area contributed by atoms with Crippen molar-refractivity contribution in [2.75, 3.05) is 26.1 Å². The monoisotopic (exact) mass is 568 g/mol. The maximum absolute atomic E-state index is 14.6. The number of ether oxygens (including phenoxy) is 2. The molecule has 9 nitrogen and oxygen atoms in total. The van der Waals surface area contributed by atoms with E-state index in [1.54, 1.807) is 20.3 Å². The first-order valence-electron chi connectivity index (χ1n) is 13.9. The fraction of sp³-hybridized carbons (Fsp3) is 0.281. The number of aromatic nitrogens is 1. The van der Waals surface area contributed by atoms with E-state index in [9.17, 15) is 18.8 Å². The summed E-state index contributed by atoms with van der Waals surface area (Å²) in [7, 11) is 3.10. The largest absolute Gasteiger partial charge is 0.493 e. The molecule has 1 aromatic heterocycles. The molecule has 3 aromatic carbocycles. The number of anilines is 1. The number of H-pyrrole nitrogens is 1. The van der Waals surface area contributed by atoms with Crippen LogP contribution in [0, 0.1) is 17.7 Å². The summed E-state index contributed by atoms with van der Waals surface area (Å²) in [6.07, 6.45) is 2.68. The molecule has 3 aliphatic rings. The van der Waals surface area contributed by atoms with E-state index in [1.165, 1.54) is 23.1 Å². The molecule has 3 N–H and O–H groups in total. The normalized spacial score (nSPS) is 24.4. The van der Waals surface area contributed by atoms with Gasteiger partial charge in [-0.3, -0.25) is 24.6 Å². The fourth-order valence-corrected chi connectivity index (χ4v) is 7.04. The Morgan fingerprint density at radius 1 is 0.952 bits per heavy atom. The Morgan fingerprint density at radius 3 is 2.57 bits per heavy atom. The molecule has 4 aromatic rings. The zero-order chi connectivity index (χ0) is 29.2. The molecule has 4 atom stereocenters. The Morgan fingerprint density at radius 2 is 1.76 bits per heavy atom. The van der Waals surface area contributed by atoms with Crippen LogP contribution in [0.1, 0.15) is 16.7 Å². The number of nitrogens with zero attached hydrogens (tertiary/aromatic N) is 1. The molecular formula is C32H29FN4O5. The first kappa shape index (κ1) is 26.2. The third-order valence-electron chi connectivity index (χ3n) is 8.96. The highest BCUT2D eigenvalue weighted by molar-refractivity contribution is 6.15. The van der Waals surface area contributed by atoms with Gasteiger partial charge in [0.05, 0.1) is 26.1 Å². The van der Waals surface area contributed by atoms with Crippen molar-refractivity contribution in [3.05, 3.63) is 89.4 Å². The minimum atomic E-state index is -1.57. The Bertz CT molecular complexity index is 1770. The molecule has 10 heteroatoms. The van der Waals surface area contributed by atoms with Crippen molar-refractivity contribution >= 4 is 34.3 Å². The summed E-state index contributed by atoms with van der Waals surface area (Å²) in [6.45, 7) is 0.133. The van der Waals surface area contributed by atoms with Gasteiger partial charge in [0.15, 0.2) is 11.5 Å². The molecule has 4 heterocycles. The number of methoxy groups -OCH3 is 2. The van der Waals surface area contributed by atoms with Gasteiger partial charge in [0.1, 0.15) is 11.4 Å². The first-order valence-corrected chi connectivity index (χ1v) is 13.9. The lowest BCUT2D eigenvalue weighted by molar-refractivity contribution is -0.142. The highest BCUT2D eigenvalue weighted by Crippen LogP contribution is 2.53. The number of hydrogen-bond donors (Lipinski definition) is 3. The van der Waals surface area contributed by atoms with E-state index in [2.05, 4.69) is 15.6 Å². The molecule has 0 unspecified atom stereocenters. The average Bonchev–Trinajstić information content (AvgIpc) is 3.71. The van der Waals surface area contributed by atoms with Crippen LogP contribution in [0.4, 0.5) is 10.1 Å². The number of fused-ring (bicyclic) bond motifs is 5. The molecule has 0 radical (unpaired) electrons. The van der Waals surface area contributed by atoms with Crippen molar-refractivity contribution in [3.8, 4) is 11.5 Å². The molecule has 0 saturated carbocycles. The molecule has 3 aliphatic heterocycles.